The molecule has 3 heterocycles. The third-order valence-electron chi connectivity index (χ3n) is 3.69. The molecule has 0 saturated heterocycles. The second kappa shape index (κ2) is 4.00. The molecule has 100 valence electrons. The van der Waals surface area contributed by atoms with Gasteiger partial charge in [0.25, 0.3) is 5.78 Å². The number of fused-ring (bicyclic) bond motifs is 3. The zero-order valence-corrected chi connectivity index (χ0v) is 10.9. The SMILES string of the molecule is Cc1nc2ncc3c(n2n1)CC(c1ccco1)CC3=O. The Bertz CT molecular complexity index is 804. The fraction of sp³-hybridized carbons (Fsp3) is 0.286. The first-order chi connectivity index (χ1) is 9.72. The van der Waals surface area contributed by atoms with Crippen LogP contribution in [-0.4, -0.2) is 25.4 Å². The number of furan rings is 1. The van der Waals surface area contributed by atoms with E-state index < -0.39 is 0 Å². The summed E-state index contributed by atoms with van der Waals surface area (Å²) in [5, 5.41) is 4.34. The highest BCUT2D eigenvalue weighted by molar-refractivity contribution is 5.98. The highest BCUT2D eigenvalue weighted by Crippen LogP contribution is 2.32. The Morgan fingerprint density at radius 1 is 1.40 bits per heavy atom. The summed E-state index contributed by atoms with van der Waals surface area (Å²) in [4.78, 5) is 20.7. The third kappa shape index (κ3) is 1.57. The van der Waals surface area contributed by atoms with Gasteiger partial charge in [-0.3, -0.25) is 4.79 Å². The lowest BCUT2D eigenvalue weighted by Crippen LogP contribution is -2.22. The molecule has 1 aliphatic rings. The fourth-order valence-electron chi connectivity index (χ4n) is 2.77. The maximum Gasteiger partial charge on any atom is 0.252 e. The second-order valence-electron chi connectivity index (χ2n) is 5.03. The summed E-state index contributed by atoms with van der Waals surface area (Å²) in [6.07, 6.45) is 4.40. The lowest BCUT2D eigenvalue weighted by atomic mass is 9.85. The van der Waals surface area contributed by atoms with Gasteiger partial charge in [0.1, 0.15) is 11.6 Å². The summed E-state index contributed by atoms with van der Waals surface area (Å²) in [5.74, 6) is 2.16. The molecular formula is C14H12N4O2. The van der Waals surface area contributed by atoms with Gasteiger partial charge in [0.2, 0.25) is 0 Å². The van der Waals surface area contributed by atoms with E-state index >= 15 is 0 Å². The number of aryl methyl sites for hydroxylation is 1. The maximum absolute atomic E-state index is 12.3. The second-order valence-corrected chi connectivity index (χ2v) is 5.03. The number of hydrogen-bond acceptors (Lipinski definition) is 5. The van der Waals surface area contributed by atoms with E-state index in [0.717, 1.165) is 11.5 Å². The van der Waals surface area contributed by atoms with Crippen LogP contribution >= 0.6 is 0 Å². The van der Waals surface area contributed by atoms with Crippen molar-refractivity contribution in [3.05, 3.63) is 47.4 Å². The number of ketones is 1. The zero-order valence-electron chi connectivity index (χ0n) is 10.9. The lowest BCUT2D eigenvalue weighted by molar-refractivity contribution is 0.0958. The Morgan fingerprint density at radius 2 is 2.30 bits per heavy atom. The number of hydrogen-bond donors (Lipinski definition) is 0. The molecule has 4 rings (SSSR count). The minimum Gasteiger partial charge on any atom is -0.469 e. The summed E-state index contributed by atoms with van der Waals surface area (Å²) in [6, 6.07) is 3.75. The highest BCUT2D eigenvalue weighted by atomic mass is 16.3. The minimum atomic E-state index is 0.0557. The maximum atomic E-state index is 12.3. The van der Waals surface area contributed by atoms with Crippen molar-refractivity contribution in [2.24, 2.45) is 0 Å². The Kier molecular flexibility index (Phi) is 2.26. The standard InChI is InChI=1S/C14H12N4O2/c1-8-16-14-15-7-10-11(18(14)17-8)5-9(6-12(10)19)13-3-2-4-20-13/h2-4,7,9H,5-6H2,1H3. The molecule has 0 aliphatic heterocycles. The van der Waals surface area contributed by atoms with Crippen LogP contribution in [0.5, 0.6) is 0 Å². The first kappa shape index (κ1) is 11.3. The fourth-order valence-corrected chi connectivity index (χ4v) is 2.77. The van der Waals surface area contributed by atoms with Gasteiger partial charge >= 0.3 is 0 Å². The topological polar surface area (TPSA) is 73.3 Å². The van der Waals surface area contributed by atoms with Crippen LogP contribution in [0.2, 0.25) is 0 Å². The zero-order chi connectivity index (χ0) is 13.7. The monoisotopic (exact) mass is 268 g/mol. The quantitative estimate of drug-likeness (QED) is 0.674. The molecule has 0 aromatic carbocycles. The van der Waals surface area contributed by atoms with Crippen LogP contribution in [0.1, 0.15) is 40.0 Å². The number of carbonyl (C=O) groups excluding carboxylic acids is 1. The van der Waals surface area contributed by atoms with E-state index in [2.05, 4.69) is 15.1 Å². The van der Waals surface area contributed by atoms with Crippen LogP contribution in [-0.2, 0) is 6.42 Å². The normalized spacial score (nSPS) is 18.4. The van der Waals surface area contributed by atoms with E-state index in [1.54, 1.807) is 17.0 Å². The van der Waals surface area contributed by atoms with Crippen LogP contribution in [0.25, 0.3) is 5.78 Å². The van der Waals surface area contributed by atoms with Crippen molar-refractivity contribution in [1.82, 2.24) is 19.6 Å². The Hall–Kier alpha value is -2.50. The minimum absolute atomic E-state index is 0.0557. The molecule has 0 bridgehead atoms. The average Bonchev–Trinajstić information content (AvgIpc) is 3.06. The molecule has 3 aromatic heterocycles. The number of carbonyl (C=O) groups is 1. The molecule has 1 unspecified atom stereocenters. The van der Waals surface area contributed by atoms with Crippen molar-refractivity contribution in [2.45, 2.75) is 25.7 Å². The summed E-state index contributed by atoms with van der Waals surface area (Å²) >= 11 is 0. The first-order valence-corrected chi connectivity index (χ1v) is 6.50. The van der Waals surface area contributed by atoms with E-state index in [1.807, 2.05) is 19.1 Å². The smallest absolute Gasteiger partial charge is 0.252 e. The van der Waals surface area contributed by atoms with Crippen molar-refractivity contribution < 1.29 is 9.21 Å². The van der Waals surface area contributed by atoms with Gasteiger partial charge in [0.05, 0.1) is 17.5 Å². The largest absolute Gasteiger partial charge is 0.469 e. The number of rotatable bonds is 1. The van der Waals surface area contributed by atoms with Gasteiger partial charge in [-0.2, -0.15) is 10.1 Å². The number of aromatic nitrogens is 4. The van der Waals surface area contributed by atoms with Gasteiger partial charge in [-0.1, -0.05) is 0 Å². The third-order valence-corrected chi connectivity index (χ3v) is 3.69. The van der Waals surface area contributed by atoms with E-state index in [4.69, 9.17) is 4.42 Å². The van der Waals surface area contributed by atoms with Gasteiger partial charge < -0.3 is 4.42 Å². The molecule has 0 N–H and O–H groups in total. The average molecular weight is 268 g/mol. The number of nitrogens with zero attached hydrogens (tertiary/aromatic N) is 4. The summed E-state index contributed by atoms with van der Waals surface area (Å²) in [7, 11) is 0. The van der Waals surface area contributed by atoms with Gasteiger partial charge in [0.15, 0.2) is 5.78 Å². The predicted octanol–water partition coefficient (Wildman–Crippen LogP) is 1.94. The molecule has 0 saturated carbocycles. The van der Waals surface area contributed by atoms with Gasteiger partial charge in [-0.15, -0.1) is 0 Å². The summed E-state index contributed by atoms with van der Waals surface area (Å²) < 4.78 is 7.12. The molecular weight excluding hydrogens is 256 g/mol. The van der Waals surface area contributed by atoms with E-state index in [0.29, 0.717) is 30.0 Å². The van der Waals surface area contributed by atoms with Crippen molar-refractivity contribution in [2.75, 3.05) is 0 Å². The van der Waals surface area contributed by atoms with Gasteiger partial charge in [-0.25, -0.2) is 9.50 Å². The highest BCUT2D eigenvalue weighted by Gasteiger charge is 2.30. The molecule has 1 atom stereocenters. The van der Waals surface area contributed by atoms with Crippen LogP contribution in [0.3, 0.4) is 0 Å². The van der Waals surface area contributed by atoms with Crippen molar-refractivity contribution in [3.8, 4) is 0 Å². The van der Waals surface area contributed by atoms with Gasteiger partial charge in [-0.05, 0) is 19.1 Å². The lowest BCUT2D eigenvalue weighted by Gasteiger charge is -2.21. The number of Topliss-reactive ketones (excluding diaryl/α,β-unsaturated/α-hetero) is 1. The van der Waals surface area contributed by atoms with E-state index in [9.17, 15) is 4.79 Å². The Labute approximate surface area is 114 Å². The van der Waals surface area contributed by atoms with Crippen LogP contribution in [0, 0.1) is 6.92 Å². The molecule has 6 heteroatoms. The Morgan fingerprint density at radius 3 is 3.10 bits per heavy atom. The van der Waals surface area contributed by atoms with Crippen LogP contribution in [0.4, 0.5) is 0 Å². The van der Waals surface area contributed by atoms with Gasteiger partial charge in [0, 0.05) is 25.0 Å². The van der Waals surface area contributed by atoms with E-state index in [1.165, 1.54) is 0 Å². The van der Waals surface area contributed by atoms with Crippen molar-refractivity contribution >= 4 is 11.6 Å². The first-order valence-electron chi connectivity index (χ1n) is 6.50. The van der Waals surface area contributed by atoms with Crippen LogP contribution < -0.4 is 0 Å². The van der Waals surface area contributed by atoms with Crippen LogP contribution in [0.15, 0.2) is 29.0 Å². The molecule has 0 spiro atoms. The Balaban J connectivity index is 1.88. The van der Waals surface area contributed by atoms with Crippen molar-refractivity contribution in [1.29, 1.82) is 0 Å². The molecule has 0 radical (unpaired) electrons. The predicted molar refractivity (Wildman–Crippen MR) is 69.6 cm³/mol. The molecule has 0 fully saturated rings. The molecule has 1 aliphatic carbocycles. The van der Waals surface area contributed by atoms with E-state index in [-0.39, 0.29) is 11.7 Å². The molecule has 20 heavy (non-hydrogen) atoms. The summed E-state index contributed by atoms with van der Waals surface area (Å²) in [5.41, 5.74) is 1.51. The molecule has 0 amide bonds. The molecule has 3 aromatic rings. The van der Waals surface area contributed by atoms with Crippen molar-refractivity contribution in [3.63, 3.8) is 0 Å². The molecule has 6 nitrogen and oxygen atoms in total. The summed E-state index contributed by atoms with van der Waals surface area (Å²) in [6.45, 7) is 1.82.